The molecule has 1 amide bonds. The van der Waals surface area contributed by atoms with Crippen molar-refractivity contribution < 1.29 is 33.4 Å². The first kappa shape index (κ1) is 29.3. The first-order chi connectivity index (χ1) is 19.7. The van der Waals surface area contributed by atoms with E-state index < -0.39 is 23.9 Å². The largest absolute Gasteiger partial charge is 0.483 e. The Morgan fingerprint density at radius 2 is 1.98 bits per heavy atom. The van der Waals surface area contributed by atoms with Crippen molar-refractivity contribution in [1.29, 1.82) is 0 Å². The molecule has 11 nitrogen and oxygen atoms in total. The lowest BCUT2D eigenvalue weighted by Crippen LogP contribution is -2.45. The van der Waals surface area contributed by atoms with Crippen LogP contribution in [0.25, 0.3) is 11.3 Å². The molecule has 0 aliphatic carbocycles. The van der Waals surface area contributed by atoms with Crippen molar-refractivity contribution in [3.63, 3.8) is 0 Å². The van der Waals surface area contributed by atoms with Gasteiger partial charge in [-0.2, -0.15) is 5.10 Å². The molecule has 0 saturated carbocycles. The van der Waals surface area contributed by atoms with E-state index >= 15 is 0 Å². The molecule has 13 heteroatoms. The molecule has 4 N–H and O–H groups in total. The minimum Gasteiger partial charge on any atom is -0.483 e. The molecule has 212 valence electrons. The summed E-state index contributed by atoms with van der Waals surface area (Å²) in [6.45, 7) is 3.28. The van der Waals surface area contributed by atoms with Crippen LogP contribution in [0.5, 0.6) is 5.75 Å². The van der Waals surface area contributed by atoms with Gasteiger partial charge in [-0.05, 0) is 62.5 Å². The molecule has 1 aromatic heterocycles. The fourth-order valence-corrected chi connectivity index (χ4v) is 4.50. The number of para-hydroxylation sites is 1. The van der Waals surface area contributed by atoms with E-state index in [9.17, 15) is 19.5 Å². The second kappa shape index (κ2) is 13.1. The van der Waals surface area contributed by atoms with Gasteiger partial charge in [0.05, 0.1) is 35.0 Å². The predicted molar refractivity (Wildman–Crippen MR) is 155 cm³/mol. The zero-order chi connectivity index (χ0) is 29.5. The minimum absolute atomic E-state index is 0.0618. The fraction of sp³-hybridized carbons (Fsp3) is 0.179. The standard InChI is InChI=1S/C28H25ClN4O7S/c1-3-38-27(37)24-15(2)31-28(41)32-25(24)18-6-4-5-7-21(18)39-14-23(34)33-30-13-17-9-11-22(40-17)19-12-16(26(35)36)8-10-20(19)29/h4-13,25H,3,14H2,1-2H3,(H,33,34)(H,35,36)(H2,31,32,41)/t25-/m1/s1. The average molecular weight is 597 g/mol. The van der Waals surface area contributed by atoms with Gasteiger partial charge >= 0.3 is 11.9 Å². The highest BCUT2D eigenvalue weighted by molar-refractivity contribution is 7.80. The number of hydrogen-bond acceptors (Lipinski definition) is 8. The van der Waals surface area contributed by atoms with E-state index in [0.717, 1.165) is 0 Å². The molecule has 1 aliphatic heterocycles. The number of rotatable bonds is 10. The van der Waals surface area contributed by atoms with Gasteiger partial charge in [0.1, 0.15) is 17.3 Å². The predicted octanol–water partition coefficient (Wildman–Crippen LogP) is 4.18. The van der Waals surface area contributed by atoms with Crippen molar-refractivity contribution in [1.82, 2.24) is 16.1 Å². The third-order valence-electron chi connectivity index (χ3n) is 5.84. The minimum atomic E-state index is -1.09. The summed E-state index contributed by atoms with van der Waals surface area (Å²) in [7, 11) is 0. The number of hydrogen-bond donors (Lipinski definition) is 4. The Morgan fingerprint density at radius 1 is 1.20 bits per heavy atom. The molecule has 0 saturated heterocycles. The van der Waals surface area contributed by atoms with Gasteiger partial charge in [-0.25, -0.2) is 15.0 Å². The summed E-state index contributed by atoms with van der Waals surface area (Å²) in [5, 5.41) is 19.8. The maximum absolute atomic E-state index is 12.7. The number of esters is 1. The number of amides is 1. The molecular formula is C28H25ClN4O7S. The summed E-state index contributed by atoms with van der Waals surface area (Å²) in [6, 6.07) is 13.8. The molecule has 4 rings (SSSR count). The Labute approximate surface area is 245 Å². The normalized spacial score (nSPS) is 14.8. The van der Waals surface area contributed by atoms with Gasteiger partial charge in [0, 0.05) is 16.8 Å². The van der Waals surface area contributed by atoms with Gasteiger partial charge in [-0.15, -0.1) is 0 Å². The van der Waals surface area contributed by atoms with Crippen LogP contribution in [0.3, 0.4) is 0 Å². The highest BCUT2D eigenvalue weighted by Crippen LogP contribution is 2.34. The maximum atomic E-state index is 12.7. The number of benzene rings is 2. The van der Waals surface area contributed by atoms with E-state index in [4.69, 9.17) is 37.7 Å². The van der Waals surface area contributed by atoms with Crippen LogP contribution in [0.1, 0.15) is 41.6 Å². The van der Waals surface area contributed by atoms with Crippen molar-refractivity contribution >= 4 is 53.0 Å². The molecule has 1 atom stereocenters. The van der Waals surface area contributed by atoms with Crippen LogP contribution in [0.4, 0.5) is 0 Å². The van der Waals surface area contributed by atoms with E-state index in [-0.39, 0.29) is 18.8 Å². The molecule has 41 heavy (non-hydrogen) atoms. The zero-order valence-corrected chi connectivity index (χ0v) is 23.5. The van der Waals surface area contributed by atoms with E-state index in [2.05, 4.69) is 21.2 Å². The Hall–Kier alpha value is -4.68. The first-order valence-corrected chi connectivity index (χ1v) is 13.1. The molecule has 2 aromatic carbocycles. The van der Waals surface area contributed by atoms with Gasteiger partial charge < -0.3 is 29.6 Å². The van der Waals surface area contributed by atoms with Crippen molar-refractivity contribution in [2.75, 3.05) is 13.2 Å². The Kier molecular flexibility index (Phi) is 9.37. The number of hydrazone groups is 1. The Morgan fingerprint density at radius 3 is 2.73 bits per heavy atom. The molecule has 3 aromatic rings. The van der Waals surface area contributed by atoms with E-state index in [1.165, 1.54) is 24.4 Å². The number of nitrogens with zero attached hydrogens (tertiary/aromatic N) is 1. The number of ether oxygens (including phenoxy) is 2. The van der Waals surface area contributed by atoms with Crippen LogP contribution < -0.4 is 20.8 Å². The molecule has 0 fully saturated rings. The van der Waals surface area contributed by atoms with Crippen LogP contribution >= 0.6 is 23.8 Å². The topological polar surface area (TPSA) is 151 Å². The molecule has 0 spiro atoms. The van der Waals surface area contributed by atoms with E-state index in [1.807, 2.05) is 0 Å². The maximum Gasteiger partial charge on any atom is 0.338 e. The lowest BCUT2D eigenvalue weighted by atomic mass is 9.95. The number of furan rings is 1. The summed E-state index contributed by atoms with van der Waals surface area (Å²) in [5.41, 5.74) is 4.31. The number of allylic oxidation sites excluding steroid dienone is 1. The molecule has 2 heterocycles. The van der Waals surface area contributed by atoms with Crippen LogP contribution in [0.2, 0.25) is 5.02 Å². The lowest BCUT2D eigenvalue weighted by molar-refractivity contribution is -0.139. The number of thiocarbonyl (C=S) groups is 1. The SMILES string of the molecule is CCOC(=O)C1=C(C)NC(=S)N[C@@H]1c1ccccc1OCC(=O)NN=Cc1ccc(-c2cc(C(=O)O)ccc2Cl)o1. The number of carbonyl (C=O) groups is 3. The van der Waals surface area contributed by atoms with Crippen LogP contribution in [0, 0.1) is 0 Å². The summed E-state index contributed by atoms with van der Waals surface area (Å²) < 4.78 is 16.7. The van der Waals surface area contributed by atoms with Gasteiger partial charge in [0.15, 0.2) is 11.7 Å². The molecule has 1 aliphatic rings. The van der Waals surface area contributed by atoms with Crippen LogP contribution in [0.15, 0.2) is 75.4 Å². The number of aromatic carboxylic acids is 1. The molecule has 0 radical (unpaired) electrons. The summed E-state index contributed by atoms with van der Waals surface area (Å²) >= 11 is 11.5. The molecule has 0 unspecified atom stereocenters. The van der Waals surface area contributed by atoms with Gasteiger partial charge in [0.25, 0.3) is 5.91 Å². The lowest BCUT2D eigenvalue weighted by Gasteiger charge is -2.30. The molecular weight excluding hydrogens is 572 g/mol. The first-order valence-electron chi connectivity index (χ1n) is 12.3. The van der Waals surface area contributed by atoms with Crippen molar-refractivity contribution in [2.24, 2.45) is 5.10 Å². The van der Waals surface area contributed by atoms with Crippen LogP contribution in [-0.4, -0.2) is 47.5 Å². The zero-order valence-electron chi connectivity index (χ0n) is 21.9. The number of carboxylic acids is 1. The number of halogens is 1. The van der Waals surface area contributed by atoms with E-state index in [1.54, 1.807) is 50.2 Å². The number of nitrogens with one attached hydrogen (secondary N) is 3. The summed E-state index contributed by atoms with van der Waals surface area (Å²) in [6.07, 6.45) is 1.28. The van der Waals surface area contributed by atoms with Crippen molar-refractivity contribution in [3.05, 3.63) is 87.8 Å². The third-order valence-corrected chi connectivity index (χ3v) is 6.39. The average Bonchev–Trinajstić information content (AvgIpc) is 3.40. The second-order valence-electron chi connectivity index (χ2n) is 8.61. The monoisotopic (exact) mass is 596 g/mol. The van der Waals surface area contributed by atoms with Crippen molar-refractivity contribution in [3.8, 4) is 17.1 Å². The second-order valence-corrected chi connectivity index (χ2v) is 9.43. The fourth-order valence-electron chi connectivity index (χ4n) is 4.01. The number of carbonyl (C=O) groups excluding carboxylic acids is 2. The third kappa shape index (κ3) is 7.10. The van der Waals surface area contributed by atoms with Gasteiger partial charge in [-0.3, -0.25) is 4.79 Å². The number of carboxylic acid groups (broad SMARTS) is 1. The summed E-state index contributed by atoms with van der Waals surface area (Å²) in [4.78, 5) is 36.4. The van der Waals surface area contributed by atoms with Crippen molar-refractivity contribution in [2.45, 2.75) is 19.9 Å². The van der Waals surface area contributed by atoms with E-state index in [0.29, 0.717) is 49.8 Å². The highest BCUT2D eigenvalue weighted by Gasteiger charge is 2.32. The quantitative estimate of drug-likeness (QED) is 0.116. The van der Waals surface area contributed by atoms with Gasteiger partial charge in [-0.1, -0.05) is 29.8 Å². The summed E-state index contributed by atoms with van der Waals surface area (Å²) in [5.74, 6) is -1.15. The van der Waals surface area contributed by atoms with Gasteiger partial charge in [0.2, 0.25) is 0 Å². The van der Waals surface area contributed by atoms with Crippen LogP contribution in [-0.2, 0) is 14.3 Å². The highest BCUT2D eigenvalue weighted by atomic mass is 35.5. The smallest absolute Gasteiger partial charge is 0.338 e. The Balaban J connectivity index is 1.41. The Bertz CT molecular complexity index is 1570. The molecule has 0 bridgehead atoms.